The quantitative estimate of drug-likeness (QED) is 0.585. The van der Waals surface area contributed by atoms with Gasteiger partial charge in [0.25, 0.3) is 0 Å². The molecule has 0 atom stereocenters. The SMILES string of the molecule is CC(=NN(C)c1ccccc1)c1ccc(C)cc1. The molecule has 2 heteroatoms. The molecule has 0 amide bonds. The molecule has 2 aromatic carbocycles. The molecule has 0 aliphatic heterocycles. The van der Waals surface area contributed by atoms with Gasteiger partial charge in [-0.05, 0) is 31.5 Å². The summed E-state index contributed by atoms with van der Waals surface area (Å²) in [5, 5.41) is 6.50. The molecule has 2 aromatic rings. The molecule has 0 fully saturated rings. The summed E-state index contributed by atoms with van der Waals surface area (Å²) < 4.78 is 0. The van der Waals surface area contributed by atoms with Crippen LogP contribution in [-0.4, -0.2) is 12.8 Å². The molecule has 92 valence electrons. The van der Waals surface area contributed by atoms with Crippen molar-refractivity contribution >= 4 is 11.4 Å². The number of nitrogens with zero attached hydrogens (tertiary/aromatic N) is 2. The fourth-order valence-electron chi connectivity index (χ4n) is 1.78. The molecule has 0 bridgehead atoms. The van der Waals surface area contributed by atoms with Crippen molar-refractivity contribution in [3.63, 3.8) is 0 Å². The first-order valence-corrected chi connectivity index (χ1v) is 6.08. The van der Waals surface area contributed by atoms with Crippen molar-refractivity contribution in [2.45, 2.75) is 13.8 Å². The lowest BCUT2D eigenvalue weighted by Gasteiger charge is -2.14. The predicted octanol–water partition coefficient (Wildman–Crippen LogP) is 3.86. The summed E-state index contributed by atoms with van der Waals surface area (Å²) >= 11 is 0. The lowest BCUT2D eigenvalue weighted by atomic mass is 10.1. The number of hydrogen-bond donors (Lipinski definition) is 0. The number of aryl methyl sites for hydroxylation is 1. The van der Waals surface area contributed by atoms with Gasteiger partial charge >= 0.3 is 0 Å². The van der Waals surface area contributed by atoms with Crippen LogP contribution in [0, 0.1) is 6.92 Å². The Labute approximate surface area is 109 Å². The van der Waals surface area contributed by atoms with Crippen molar-refractivity contribution < 1.29 is 0 Å². The molecule has 0 aliphatic rings. The predicted molar refractivity (Wildman–Crippen MR) is 78.2 cm³/mol. The van der Waals surface area contributed by atoms with E-state index in [9.17, 15) is 0 Å². The number of benzene rings is 2. The molecular weight excluding hydrogens is 220 g/mol. The maximum Gasteiger partial charge on any atom is 0.0650 e. The van der Waals surface area contributed by atoms with Crippen molar-refractivity contribution in [3.05, 3.63) is 65.7 Å². The smallest absolute Gasteiger partial charge is 0.0650 e. The van der Waals surface area contributed by atoms with Crippen molar-refractivity contribution in [3.8, 4) is 0 Å². The molecular formula is C16H18N2. The molecule has 2 nitrogen and oxygen atoms in total. The Morgan fingerprint density at radius 3 is 2.17 bits per heavy atom. The van der Waals surface area contributed by atoms with E-state index in [-0.39, 0.29) is 0 Å². The van der Waals surface area contributed by atoms with E-state index in [1.54, 1.807) is 0 Å². The van der Waals surface area contributed by atoms with E-state index >= 15 is 0 Å². The normalized spacial score (nSPS) is 11.4. The second-order valence-corrected chi connectivity index (χ2v) is 4.41. The van der Waals surface area contributed by atoms with E-state index < -0.39 is 0 Å². The molecule has 18 heavy (non-hydrogen) atoms. The average molecular weight is 238 g/mol. The van der Waals surface area contributed by atoms with Crippen LogP contribution >= 0.6 is 0 Å². The van der Waals surface area contributed by atoms with Crippen molar-refractivity contribution in [1.82, 2.24) is 0 Å². The zero-order valence-electron chi connectivity index (χ0n) is 11.1. The summed E-state index contributed by atoms with van der Waals surface area (Å²) in [4.78, 5) is 0. The molecule has 0 saturated carbocycles. The zero-order valence-corrected chi connectivity index (χ0v) is 11.1. The van der Waals surface area contributed by atoms with Gasteiger partial charge in [-0.2, -0.15) is 5.10 Å². The van der Waals surface area contributed by atoms with Gasteiger partial charge in [-0.15, -0.1) is 0 Å². The van der Waals surface area contributed by atoms with Gasteiger partial charge in [-0.3, -0.25) is 5.01 Å². The van der Waals surface area contributed by atoms with Crippen LogP contribution in [-0.2, 0) is 0 Å². The Morgan fingerprint density at radius 2 is 1.56 bits per heavy atom. The Bertz CT molecular complexity index is 527. The van der Waals surface area contributed by atoms with E-state index in [0.717, 1.165) is 17.0 Å². The van der Waals surface area contributed by atoms with Crippen LogP contribution in [0.25, 0.3) is 0 Å². The van der Waals surface area contributed by atoms with Gasteiger partial charge in [0, 0.05) is 7.05 Å². The van der Waals surface area contributed by atoms with Crippen molar-refractivity contribution in [1.29, 1.82) is 0 Å². The third-order valence-corrected chi connectivity index (χ3v) is 2.90. The van der Waals surface area contributed by atoms with Crippen LogP contribution in [0.5, 0.6) is 0 Å². The summed E-state index contributed by atoms with van der Waals surface area (Å²) in [5.74, 6) is 0. The molecule has 0 spiro atoms. The van der Waals surface area contributed by atoms with Gasteiger partial charge < -0.3 is 0 Å². The molecule has 0 radical (unpaired) electrons. The summed E-state index contributed by atoms with van der Waals surface area (Å²) in [6.07, 6.45) is 0. The fraction of sp³-hybridized carbons (Fsp3) is 0.188. The van der Waals surface area contributed by atoms with Gasteiger partial charge in [-0.1, -0.05) is 48.0 Å². The molecule has 2 rings (SSSR count). The monoisotopic (exact) mass is 238 g/mol. The number of hydrazone groups is 1. The van der Waals surface area contributed by atoms with Gasteiger partial charge in [-0.25, -0.2) is 0 Å². The molecule has 0 aliphatic carbocycles. The molecule has 0 heterocycles. The average Bonchev–Trinajstić information content (AvgIpc) is 2.40. The van der Waals surface area contributed by atoms with E-state index in [1.165, 1.54) is 5.56 Å². The topological polar surface area (TPSA) is 15.6 Å². The molecule has 0 saturated heterocycles. The first kappa shape index (κ1) is 12.4. The van der Waals surface area contributed by atoms with Gasteiger partial charge in [0.1, 0.15) is 0 Å². The van der Waals surface area contributed by atoms with Crippen LogP contribution in [0.2, 0.25) is 0 Å². The third-order valence-electron chi connectivity index (χ3n) is 2.90. The third kappa shape index (κ3) is 2.98. The fourth-order valence-corrected chi connectivity index (χ4v) is 1.78. The highest BCUT2D eigenvalue weighted by molar-refractivity contribution is 5.99. The highest BCUT2D eigenvalue weighted by atomic mass is 15.4. The Hall–Kier alpha value is -2.09. The van der Waals surface area contributed by atoms with Crippen LogP contribution in [0.1, 0.15) is 18.1 Å². The van der Waals surface area contributed by atoms with Gasteiger partial charge in [0.15, 0.2) is 0 Å². The standard InChI is InChI=1S/C16H18N2/c1-13-9-11-15(12-10-13)14(2)17-18(3)16-7-5-4-6-8-16/h4-12H,1-3H3. The molecule has 0 N–H and O–H groups in total. The van der Waals surface area contributed by atoms with E-state index in [0.29, 0.717) is 0 Å². The number of anilines is 1. The van der Waals surface area contributed by atoms with Gasteiger partial charge in [0.05, 0.1) is 11.4 Å². The van der Waals surface area contributed by atoms with E-state index in [2.05, 4.69) is 36.3 Å². The summed E-state index contributed by atoms with van der Waals surface area (Å²) in [7, 11) is 1.97. The Balaban J connectivity index is 2.20. The minimum Gasteiger partial charge on any atom is -0.268 e. The number of rotatable bonds is 3. The summed E-state index contributed by atoms with van der Waals surface area (Å²) in [6.45, 7) is 4.12. The highest BCUT2D eigenvalue weighted by Gasteiger charge is 2.00. The number of hydrogen-bond acceptors (Lipinski definition) is 2. The largest absolute Gasteiger partial charge is 0.268 e. The molecule has 0 unspecified atom stereocenters. The maximum atomic E-state index is 4.60. The van der Waals surface area contributed by atoms with Gasteiger partial charge in [0.2, 0.25) is 0 Å². The lowest BCUT2D eigenvalue weighted by molar-refractivity contribution is 1.01. The highest BCUT2D eigenvalue weighted by Crippen LogP contribution is 2.13. The lowest BCUT2D eigenvalue weighted by Crippen LogP contribution is -2.12. The van der Waals surface area contributed by atoms with Crippen LogP contribution < -0.4 is 5.01 Å². The molecule has 0 aromatic heterocycles. The van der Waals surface area contributed by atoms with Crippen LogP contribution in [0.3, 0.4) is 0 Å². The second kappa shape index (κ2) is 5.50. The summed E-state index contributed by atoms with van der Waals surface area (Å²) in [6, 6.07) is 18.6. The minimum absolute atomic E-state index is 1.02. The van der Waals surface area contributed by atoms with E-state index in [1.807, 2.05) is 49.3 Å². The number of para-hydroxylation sites is 1. The Morgan fingerprint density at radius 1 is 0.944 bits per heavy atom. The summed E-state index contributed by atoms with van der Waals surface area (Å²) in [5.41, 5.74) is 4.52. The van der Waals surface area contributed by atoms with Crippen LogP contribution in [0.15, 0.2) is 59.7 Å². The first-order chi connectivity index (χ1) is 8.66. The van der Waals surface area contributed by atoms with Crippen molar-refractivity contribution in [2.24, 2.45) is 5.10 Å². The van der Waals surface area contributed by atoms with Crippen LogP contribution in [0.4, 0.5) is 5.69 Å². The zero-order chi connectivity index (χ0) is 13.0. The first-order valence-electron chi connectivity index (χ1n) is 6.08. The van der Waals surface area contributed by atoms with E-state index in [4.69, 9.17) is 0 Å². The maximum absolute atomic E-state index is 4.60. The van der Waals surface area contributed by atoms with Crippen molar-refractivity contribution in [2.75, 3.05) is 12.1 Å². The second-order valence-electron chi connectivity index (χ2n) is 4.41. The minimum atomic E-state index is 1.02. The Kier molecular flexibility index (Phi) is 3.78.